The Labute approximate surface area is 163 Å². The van der Waals surface area contributed by atoms with Crippen LogP contribution in [-0.4, -0.2) is 22.7 Å². The fourth-order valence-electron chi connectivity index (χ4n) is 2.44. The summed E-state index contributed by atoms with van der Waals surface area (Å²) >= 11 is 1.34. The van der Waals surface area contributed by atoms with Gasteiger partial charge in [0.1, 0.15) is 10.8 Å². The number of ether oxygens (including phenoxy) is 1. The van der Waals surface area contributed by atoms with Gasteiger partial charge in [0.15, 0.2) is 6.61 Å². The predicted octanol–water partition coefficient (Wildman–Crippen LogP) is 4.83. The van der Waals surface area contributed by atoms with Crippen LogP contribution in [0.2, 0.25) is 0 Å². The third-order valence-electron chi connectivity index (χ3n) is 4.06. The molecule has 0 fully saturated rings. The number of nitrogens with one attached hydrogen (secondary N) is 1. The van der Waals surface area contributed by atoms with Gasteiger partial charge in [0.05, 0.1) is 0 Å². The molecule has 1 aromatic heterocycles. The summed E-state index contributed by atoms with van der Waals surface area (Å²) in [5.74, 6) is 0.400. The summed E-state index contributed by atoms with van der Waals surface area (Å²) in [6.07, 6.45) is 0. The SMILES string of the molecule is Cc1ccc(-c2nnc(NC(=O)COc3ccc(C(C)(C)C)cc3)s2)cc1. The maximum absolute atomic E-state index is 12.1. The minimum atomic E-state index is -0.262. The van der Waals surface area contributed by atoms with Crippen LogP contribution in [0, 0.1) is 6.92 Å². The molecule has 0 spiro atoms. The van der Waals surface area contributed by atoms with Crippen LogP contribution < -0.4 is 10.1 Å². The number of nitrogens with zero attached hydrogens (tertiary/aromatic N) is 2. The Morgan fingerprint density at radius 1 is 1.04 bits per heavy atom. The van der Waals surface area contributed by atoms with E-state index in [9.17, 15) is 4.79 Å². The minimum absolute atomic E-state index is 0.0751. The molecule has 0 bridgehead atoms. The number of anilines is 1. The van der Waals surface area contributed by atoms with Gasteiger partial charge in [-0.15, -0.1) is 10.2 Å². The van der Waals surface area contributed by atoms with E-state index in [2.05, 4.69) is 36.3 Å². The molecular weight excluding hydrogens is 358 g/mol. The molecule has 27 heavy (non-hydrogen) atoms. The molecule has 0 aliphatic heterocycles. The van der Waals surface area contributed by atoms with Crippen LogP contribution in [0.3, 0.4) is 0 Å². The van der Waals surface area contributed by atoms with Gasteiger partial charge in [-0.05, 0) is 30.0 Å². The van der Waals surface area contributed by atoms with Crippen LogP contribution in [-0.2, 0) is 10.2 Å². The number of hydrogen-bond donors (Lipinski definition) is 1. The highest BCUT2D eigenvalue weighted by molar-refractivity contribution is 7.18. The van der Waals surface area contributed by atoms with Gasteiger partial charge >= 0.3 is 0 Å². The van der Waals surface area contributed by atoms with E-state index < -0.39 is 0 Å². The van der Waals surface area contributed by atoms with Gasteiger partial charge in [0, 0.05) is 5.56 Å². The summed E-state index contributed by atoms with van der Waals surface area (Å²) in [5.41, 5.74) is 3.47. The van der Waals surface area contributed by atoms with Crippen molar-refractivity contribution in [3.63, 3.8) is 0 Å². The molecule has 3 aromatic rings. The highest BCUT2D eigenvalue weighted by Gasteiger charge is 2.14. The Hall–Kier alpha value is -2.73. The Morgan fingerprint density at radius 2 is 1.70 bits per heavy atom. The molecule has 6 heteroatoms. The molecule has 1 N–H and O–H groups in total. The third kappa shape index (κ3) is 5.14. The van der Waals surface area contributed by atoms with Gasteiger partial charge in [-0.1, -0.05) is 74.1 Å². The zero-order valence-electron chi connectivity index (χ0n) is 15.9. The molecule has 140 valence electrons. The summed E-state index contributed by atoms with van der Waals surface area (Å²) in [6.45, 7) is 8.43. The van der Waals surface area contributed by atoms with Crippen molar-refractivity contribution in [1.29, 1.82) is 0 Å². The lowest BCUT2D eigenvalue weighted by atomic mass is 9.87. The third-order valence-corrected chi connectivity index (χ3v) is 4.95. The van der Waals surface area contributed by atoms with Crippen LogP contribution in [0.4, 0.5) is 5.13 Å². The summed E-state index contributed by atoms with van der Waals surface area (Å²) in [7, 11) is 0. The second-order valence-electron chi connectivity index (χ2n) is 7.39. The largest absolute Gasteiger partial charge is 0.484 e. The lowest BCUT2D eigenvalue weighted by Gasteiger charge is -2.19. The molecule has 3 rings (SSSR count). The molecule has 0 saturated carbocycles. The molecular formula is C21H23N3O2S. The molecule has 0 aliphatic rings. The summed E-state index contributed by atoms with van der Waals surface area (Å²) in [5, 5.41) is 12.1. The van der Waals surface area contributed by atoms with E-state index in [4.69, 9.17) is 4.74 Å². The first-order chi connectivity index (χ1) is 12.8. The van der Waals surface area contributed by atoms with Crippen molar-refractivity contribution in [2.24, 2.45) is 0 Å². The molecule has 0 unspecified atom stereocenters. The first-order valence-corrected chi connectivity index (χ1v) is 9.57. The number of hydrogen-bond acceptors (Lipinski definition) is 5. The zero-order chi connectivity index (χ0) is 19.4. The first kappa shape index (κ1) is 19.0. The van der Waals surface area contributed by atoms with Gasteiger partial charge in [-0.2, -0.15) is 0 Å². The molecule has 0 radical (unpaired) electrons. The van der Waals surface area contributed by atoms with Gasteiger partial charge < -0.3 is 4.74 Å². The number of aromatic nitrogens is 2. The van der Waals surface area contributed by atoms with E-state index >= 15 is 0 Å². The van der Waals surface area contributed by atoms with E-state index in [1.807, 2.05) is 55.5 Å². The summed E-state index contributed by atoms with van der Waals surface area (Å²) in [4.78, 5) is 12.1. The number of carbonyl (C=O) groups excluding carboxylic acids is 1. The van der Waals surface area contributed by atoms with E-state index in [-0.39, 0.29) is 17.9 Å². The smallest absolute Gasteiger partial charge is 0.264 e. The van der Waals surface area contributed by atoms with Gasteiger partial charge in [0.2, 0.25) is 5.13 Å². The van der Waals surface area contributed by atoms with Crippen LogP contribution in [0.1, 0.15) is 31.9 Å². The number of amides is 1. The van der Waals surface area contributed by atoms with Crippen molar-refractivity contribution in [3.8, 4) is 16.3 Å². The normalized spacial score (nSPS) is 11.3. The Kier molecular flexibility index (Phi) is 5.56. The molecule has 1 heterocycles. The number of rotatable bonds is 5. The highest BCUT2D eigenvalue weighted by atomic mass is 32.1. The van der Waals surface area contributed by atoms with Gasteiger partial charge in [-0.25, -0.2) is 0 Å². The van der Waals surface area contributed by atoms with E-state index in [1.165, 1.54) is 22.5 Å². The van der Waals surface area contributed by atoms with E-state index in [0.29, 0.717) is 10.9 Å². The second kappa shape index (κ2) is 7.88. The van der Waals surface area contributed by atoms with Crippen LogP contribution in [0.25, 0.3) is 10.6 Å². The summed E-state index contributed by atoms with van der Waals surface area (Å²) < 4.78 is 5.56. The quantitative estimate of drug-likeness (QED) is 0.688. The van der Waals surface area contributed by atoms with Gasteiger partial charge in [-0.3, -0.25) is 10.1 Å². The topological polar surface area (TPSA) is 64.1 Å². The minimum Gasteiger partial charge on any atom is -0.484 e. The maximum Gasteiger partial charge on any atom is 0.264 e. The average molecular weight is 382 g/mol. The Balaban J connectivity index is 1.54. The number of carbonyl (C=O) groups is 1. The first-order valence-electron chi connectivity index (χ1n) is 8.75. The molecule has 0 atom stereocenters. The van der Waals surface area contributed by atoms with Crippen LogP contribution in [0.5, 0.6) is 5.75 Å². The molecule has 2 aromatic carbocycles. The van der Waals surface area contributed by atoms with Crippen molar-refractivity contribution in [2.45, 2.75) is 33.1 Å². The fraction of sp³-hybridized carbons (Fsp3) is 0.286. The van der Waals surface area contributed by atoms with Crippen molar-refractivity contribution < 1.29 is 9.53 Å². The predicted molar refractivity (Wildman–Crippen MR) is 109 cm³/mol. The van der Waals surface area contributed by atoms with Gasteiger partial charge in [0.25, 0.3) is 5.91 Å². The summed E-state index contributed by atoms with van der Waals surface area (Å²) in [6, 6.07) is 15.8. The van der Waals surface area contributed by atoms with Crippen molar-refractivity contribution >= 4 is 22.4 Å². The molecule has 1 amide bonds. The molecule has 0 saturated heterocycles. The zero-order valence-corrected chi connectivity index (χ0v) is 16.8. The van der Waals surface area contributed by atoms with Crippen LogP contribution >= 0.6 is 11.3 Å². The fourth-order valence-corrected chi connectivity index (χ4v) is 3.21. The second-order valence-corrected chi connectivity index (χ2v) is 8.37. The van der Waals surface area contributed by atoms with Crippen molar-refractivity contribution in [2.75, 3.05) is 11.9 Å². The van der Waals surface area contributed by atoms with E-state index in [1.54, 1.807) is 0 Å². The molecule has 0 aliphatic carbocycles. The standard InChI is InChI=1S/C21H23N3O2S/c1-14-5-7-15(8-6-14)19-23-24-20(27-19)22-18(25)13-26-17-11-9-16(10-12-17)21(2,3)4/h5-12H,13H2,1-4H3,(H,22,24,25). The monoisotopic (exact) mass is 381 g/mol. The van der Waals surface area contributed by atoms with E-state index in [0.717, 1.165) is 10.6 Å². The van der Waals surface area contributed by atoms with Crippen molar-refractivity contribution in [3.05, 3.63) is 59.7 Å². The maximum atomic E-state index is 12.1. The van der Waals surface area contributed by atoms with Crippen molar-refractivity contribution in [1.82, 2.24) is 10.2 Å². The number of aryl methyl sites for hydroxylation is 1. The highest BCUT2D eigenvalue weighted by Crippen LogP contribution is 2.27. The Bertz CT molecular complexity index is 910. The average Bonchev–Trinajstić information content (AvgIpc) is 3.08. The van der Waals surface area contributed by atoms with Crippen LogP contribution in [0.15, 0.2) is 48.5 Å². The Morgan fingerprint density at radius 3 is 2.33 bits per heavy atom. The lowest BCUT2D eigenvalue weighted by Crippen LogP contribution is -2.20. The number of benzene rings is 2. The lowest BCUT2D eigenvalue weighted by molar-refractivity contribution is -0.118. The molecule has 5 nitrogen and oxygen atoms in total.